The van der Waals surface area contributed by atoms with Gasteiger partial charge in [0.15, 0.2) is 0 Å². The van der Waals surface area contributed by atoms with Crippen LogP contribution in [0, 0.1) is 5.92 Å². The molecule has 0 bridgehead atoms. The van der Waals surface area contributed by atoms with E-state index in [1.54, 1.807) is 7.11 Å². The molecule has 0 spiro atoms. The second-order valence-corrected chi connectivity index (χ2v) is 4.44. The molecule has 0 amide bonds. The molecule has 88 valence electrons. The molecule has 3 heteroatoms. The zero-order valence-corrected chi connectivity index (χ0v) is 9.60. The Morgan fingerprint density at radius 3 is 2.44 bits per heavy atom. The van der Waals surface area contributed by atoms with Gasteiger partial charge < -0.3 is 15.6 Å². The molecular weight excluding hydrogens is 202 g/mol. The maximum absolute atomic E-state index is 10.1. The van der Waals surface area contributed by atoms with E-state index in [0.29, 0.717) is 12.5 Å². The molecule has 1 aromatic rings. The predicted octanol–water partition coefficient (Wildman–Crippen LogP) is 1.51. The average Bonchev–Trinajstić information content (AvgIpc) is 3.14. The molecule has 2 rings (SSSR count). The van der Waals surface area contributed by atoms with Gasteiger partial charge in [-0.25, -0.2) is 0 Å². The Morgan fingerprint density at radius 1 is 1.38 bits per heavy atom. The van der Waals surface area contributed by atoms with E-state index in [9.17, 15) is 5.11 Å². The van der Waals surface area contributed by atoms with Gasteiger partial charge in [0, 0.05) is 12.5 Å². The van der Waals surface area contributed by atoms with Crippen LogP contribution in [0.4, 0.5) is 0 Å². The minimum absolute atomic E-state index is 0.0541. The van der Waals surface area contributed by atoms with Crippen molar-refractivity contribution in [2.75, 3.05) is 13.7 Å². The lowest BCUT2D eigenvalue weighted by Crippen LogP contribution is -2.27. The van der Waals surface area contributed by atoms with Crippen LogP contribution in [-0.4, -0.2) is 24.9 Å². The van der Waals surface area contributed by atoms with Crippen molar-refractivity contribution in [2.24, 2.45) is 11.7 Å². The number of nitrogens with two attached hydrogens (primary N) is 1. The van der Waals surface area contributed by atoms with E-state index in [2.05, 4.69) is 0 Å². The van der Waals surface area contributed by atoms with E-state index < -0.39 is 0 Å². The Morgan fingerprint density at radius 2 is 2.00 bits per heavy atom. The van der Waals surface area contributed by atoms with Crippen molar-refractivity contribution in [3.63, 3.8) is 0 Å². The highest BCUT2D eigenvalue weighted by atomic mass is 16.5. The monoisotopic (exact) mass is 221 g/mol. The van der Waals surface area contributed by atoms with Crippen LogP contribution in [0.3, 0.4) is 0 Å². The summed E-state index contributed by atoms with van der Waals surface area (Å²) in [5.41, 5.74) is 6.85. The molecule has 3 N–H and O–H groups in total. The summed E-state index contributed by atoms with van der Waals surface area (Å²) < 4.78 is 5.11. The minimum atomic E-state index is -0.293. The van der Waals surface area contributed by atoms with E-state index in [4.69, 9.17) is 10.5 Å². The summed E-state index contributed by atoms with van der Waals surface area (Å²) in [4.78, 5) is 0. The van der Waals surface area contributed by atoms with Crippen LogP contribution >= 0.6 is 0 Å². The summed E-state index contributed by atoms with van der Waals surface area (Å²) in [5, 5.41) is 10.1. The van der Waals surface area contributed by atoms with Gasteiger partial charge in [0.1, 0.15) is 5.75 Å². The lowest BCUT2D eigenvalue weighted by molar-refractivity contribution is 0.123. The topological polar surface area (TPSA) is 55.5 Å². The number of rotatable bonds is 5. The molecule has 1 aliphatic rings. The van der Waals surface area contributed by atoms with E-state index in [-0.39, 0.29) is 12.0 Å². The Labute approximate surface area is 96.2 Å². The van der Waals surface area contributed by atoms with E-state index in [1.165, 1.54) is 0 Å². The third kappa shape index (κ3) is 2.36. The van der Waals surface area contributed by atoms with Gasteiger partial charge in [0.25, 0.3) is 0 Å². The van der Waals surface area contributed by atoms with Crippen LogP contribution in [0.2, 0.25) is 0 Å². The molecule has 16 heavy (non-hydrogen) atoms. The van der Waals surface area contributed by atoms with E-state index in [1.807, 2.05) is 24.3 Å². The maximum Gasteiger partial charge on any atom is 0.118 e. The second-order valence-electron chi connectivity index (χ2n) is 4.44. The minimum Gasteiger partial charge on any atom is -0.497 e. The molecule has 0 aliphatic heterocycles. The van der Waals surface area contributed by atoms with E-state index in [0.717, 1.165) is 24.2 Å². The van der Waals surface area contributed by atoms with Crippen LogP contribution in [-0.2, 0) is 0 Å². The first kappa shape index (κ1) is 11.4. The van der Waals surface area contributed by atoms with Crippen LogP contribution in [0.5, 0.6) is 5.75 Å². The molecule has 0 saturated heterocycles. The number of aliphatic hydroxyl groups excluding tert-OH is 1. The zero-order valence-electron chi connectivity index (χ0n) is 9.60. The highest BCUT2D eigenvalue weighted by Crippen LogP contribution is 2.38. The Kier molecular flexibility index (Phi) is 3.46. The summed E-state index contributed by atoms with van der Waals surface area (Å²) in [5.74, 6) is 1.34. The van der Waals surface area contributed by atoms with Gasteiger partial charge in [0.05, 0.1) is 13.2 Å². The first-order chi connectivity index (χ1) is 7.76. The maximum atomic E-state index is 10.1. The van der Waals surface area contributed by atoms with Gasteiger partial charge >= 0.3 is 0 Å². The zero-order chi connectivity index (χ0) is 11.5. The number of hydrogen-bond donors (Lipinski definition) is 2. The normalized spacial score (nSPS) is 19.2. The molecule has 0 radical (unpaired) electrons. The van der Waals surface area contributed by atoms with Gasteiger partial charge in [-0.05, 0) is 36.5 Å². The van der Waals surface area contributed by atoms with Crippen molar-refractivity contribution in [1.82, 2.24) is 0 Å². The lowest BCUT2D eigenvalue weighted by Gasteiger charge is -2.21. The summed E-state index contributed by atoms with van der Waals surface area (Å²) in [6.07, 6.45) is 1.97. The number of benzene rings is 1. The van der Waals surface area contributed by atoms with Crippen LogP contribution < -0.4 is 10.5 Å². The van der Waals surface area contributed by atoms with E-state index >= 15 is 0 Å². The van der Waals surface area contributed by atoms with Crippen molar-refractivity contribution < 1.29 is 9.84 Å². The average molecular weight is 221 g/mol. The van der Waals surface area contributed by atoms with Gasteiger partial charge in [-0.2, -0.15) is 0 Å². The van der Waals surface area contributed by atoms with Crippen molar-refractivity contribution >= 4 is 0 Å². The first-order valence-corrected chi connectivity index (χ1v) is 5.78. The van der Waals surface area contributed by atoms with Crippen molar-refractivity contribution in [3.05, 3.63) is 29.8 Å². The fourth-order valence-electron chi connectivity index (χ4n) is 2.09. The molecule has 1 aromatic carbocycles. The molecule has 1 aliphatic carbocycles. The number of aliphatic hydroxyl groups is 1. The molecule has 0 aromatic heterocycles. The fraction of sp³-hybridized carbons (Fsp3) is 0.538. The smallest absolute Gasteiger partial charge is 0.118 e. The summed E-state index contributed by atoms with van der Waals surface area (Å²) in [6, 6.07) is 7.80. The molecule has 2 atom stereocenters. The second kappa shape index (κ2) is 4.85. The third-order valence-electron chi connectivity index (χ3n) is 3.32. The Bertz CT molecular complexity index is 332. The SMILES string of the molecule is COc1ccc(C(CN)C(O)C2CC2)cc1. The van der Waals surface area contributed by atoms with Crippen LogP contribution in [0.25, 0.3) is 0 Å². The number of hydrogen-bond acceptors (Lipinski definition) is 3. The number of ether oxygens (including phenoxy) is 1. The molecule has 1 fully saturated rings. The Balaban J connectivity index is 2.12. The molecular formula is C13H19NO2. The standard InChI is InChI=1S/C13H19NO2/c1-16-11-6-4-9(5-7-11)12(8-14)13(15)10-2-3-10/h4-7,10,12-13,15H,2-3,8,14H2,1H3. The van der Waals surface area contributed by atoms with Crippen molar-refractivity contribution in [2.45, 2.75) is 24.9 Å². The highest BCUT2D eigenvalue weighted by molar-refractivity contribution is 5.30. The summed E-state index contributed by atoms with van der Waals surface area (Å²) in [6.45, 7) is 0.490. The lowest BCUT2D eigenvalue weighted by atomic mass is 9.91. The fourth-order valence-corrected chi connectivity index (χ4v) is 2.09. The van der Waals surface area contributed by atoms with Gasteiger partial charge in [-0.1, -0.05) is 12.1 Å². The molecule has 0 heterocycles. The Hall–Kier alpha value is -1.06. The van der Waals surface area contributed by atoms with Crippen molar-refractivity contribution in [1.29, 1.82) is 0 Å². The number of methoxy groups -OCH3 is 1. The van der Waals surface area contributed by atoms with Crippen LogP contribution in [0.1, 0.15) is 24.3 Å². The van der Waals surface area contributed by atoms with Crippen molar-refractivity contribution in [3.8, 4) is 5.75 Å². The summed E-state index contributed by atoms with van der Waals surface area (Å²) in [7, 11) is 1.65. The first-order valence-electron chi connectivity index (χ1n) is 5.78. The molecule has 3 nitrogen and oxygen atoms in total. The third-order valence-corrected chi connectivity index (χ3v) is 3.32. The molecule has 2 unspecified atom stereocenters. The van der Waals surface area contributed by atoms with Gasteiger partial charge in [-0.15, -0.1) is 0 Å². The summed E-state index contributed by atoms with van der Waals surface area (Å²) >= 11 is 0. The van der Waals surface area contributed by atoms with Crippen LogP contribution in [0.15, 0.2) is 24.3 Å². The van der Waals surface area contributed by atoms with Gasteiger partial charge in [-0.3, -0.25) is 0 Å². The largest absolute Gasteiger partial charge is 0.497 e. The van der Waals surface area contributed by atoms with Gasteiger partial charge in [0.2, 0.25) is 0 Å². The molecule has 1 saturated carbocycles. The highest BCUT2D eigenvalue weighted by Gasteiger charge is 2.35. The quantitative estimate of drug-likeness (QED) is 0.792. The predicted molar refractivity (Wildman–Crippen MR) is 63.5 cm³/mol.